The van der Waals surface area contributed by atoms with Gasteiger partial charge in [-0.05, 0) is 29.3 Å². The van der Waals surface area contributed by atoms with E-state index in [4.69, 9.17) is 4.74 Å². The van der Waals surface area contributed by atoms with Crippen LogP contribution < -0.4 is 5.32 Å². The summed E-state index contributed by atoms with van der Waals surface area (Å²) < 4.78 is 5.30. The summed E-state index contributed by atoms with van der Waals surface area (Å²) in [7, 11) is 0. The van der Waals surface area contributed by atoms with Crippen molar-refractivity contribution < 1.29 is 24.0 Å². The number of nitrogens with zero attached hydrogens (tertiary/aromatic N) is 2. The lowest BCUT2D eigenvalue weighted by Crippen LogP contribution is -2.70. The van der Waals surface area contributed by atoms with Gasteiger partial charge in [-0.3, -0.25) is 24.6 Å². The largest absolute Gasteiger partial charge is 0.456 e. The summed E-state index contributed by atoms with van der Waals surface area (Å²) >= 11 is 1.46. The van der Waals surface area contributed by atoms with E-state index in [9.17, 15) is 24.5 Å². The zero-order valence-electron chi connectivity index (χ0n) is 16.8. The highest BCUT2D eigenvalue weighted by atomic mass is 32.2. The minimum atomic E-state index is -0.692. The number of esters is 1. The number of β-lactam (4-membered cyclic amide) rings is 1. The van der Waals surface area contributed by atoms with Gasteiger partial charge in [0, 0.05) is 17.9 Å². The number of benzene rings is 2. The third kappa shape index (κ3) is 4.50. The summed E-state index contributed by atoms with van der Waals surface area (Å²) in [6, 6.07) is 14.2. The predicted octanol–water partition coefficient (Wildman–Crippen LogP) is 2.16. The average molecular weight is 453 g/mol. The van der Waals surface area contributed by atoms with Gasteiger partial charge in [-0.15, -0.1) is 11.8 Å². The number of thioether (sulfide) groups is 1. The number of rotatable bonds is 7. The van der Waals surface area contributed by atoms with Gasteiger partial charge in [0.2, 0.25) is 5.91 Å². The quantitative estimate of drug-likeness (QED) is 0.295. The number of carbonyl (C=O) groups excluding carboxylic acids is 3. The lowest BCUT2D eigenvalue weighted by molar-refractivity contribution is -0.384. The van der Waals surface area contributed by atoms with Crippen molar-refractivity contribution in [3.8, 4) is 0 Å². The second kappa shape index (κ2) is 9.23. The molecule has 0 saturated carbocycles. The number of carbonyl (C=O) groups is 3. The maximum atomic E-state index is 12.7. The number of ether oxygens (including phenoxy) is 1. The standard InChI is InChI=1S/C22H19N3O6S/c26-18(12-14-4-2-1-3-5-14)23-19-20(27)24-17(10-11-32-21(19)24)22(28)31-13-15-6-8-16(9-7-15)25(29)30/h1-10,19,21H,11-13H2,(H,23,26)/t19-,21-/m1/s1. The van der Waals surface area contributed by atoms with Crippen LogP contribution in [0.2, 0.25) is 0 Å². The van der Waals surface area contributed by atoms with E-state index in [1.807, 2.05) is 30.3 Å². The van der Waals surface area contributed by atoms with Crippen LogP contribution in [0, 0.1) is 10.1 Å². The molecule has 2 aliphatic heterocycles. The Bertz CT molecular complexity index is 1090. The molecular weight excluding hydrogens is 434 g/mol. The molecule has 4 rings (SSSR count). The normalized spacial score (nSPS) is 19.3. The van der Waals surface area contributed by atoms with Crippen molar-refractivity contribution in [2.75, 3.05) is 5.75 Å². The Hall–Kier alpha value is -3.66. The molecule has 2 heterocycles. The van der Waals surface area contributed by atoms with Crippen LogP contribution in [0.25, 0.3) is 0 Å². The Balaban J connectivity index is 1.33. The molecule has 2 aromatic rings. The summed E-state index contributed by atoms with van der Waals surface area (Å²) in [5, 5.41) is 13.1. The monoisotopic (exact) mass is 453 g/mol. The van der Waals surface area contributed by atoms with Crippen molar-refractivity contribution >= 4 is 35.2 Å². The molecule has 2 amide bonds. The predicted molar refractivity (Wildman–Crippen MR) is 116 cm³/mol. The highest BCUT2D eigenvalue weighted by Crippen LogP contribution is 2.37. The molecule has 0 aromatic heterocycles. The van der Waals surface area contributed by atoms with Crippen molar-refractivity contribution in [2.24, 2.45) is 0 Å². The molecule has 2 aromatic carbocycles. The molecular formula is C22H19N3O6S. The Labute approximate surface area is 187 Å². The van der Waals surface area contributed by atoms with Crippen molar-refractivity contribution in [3.05, 3.63) is 87.6 Å². The number of amides is 2. The van der Waals surface area contributed by atoms with Crippen LogP contribution in [0.5, 0.6) is 0 Å². The number of nitro benzene ring substituents is 1. The molecule has 0 bridgehead atoms. The van der Waals surface area contributed by atoms with Gasteiger partial charge < -0.3 is 10.1 Å². The van der Waals surface area contributed by atoms with Crippen LogP contribution >= 0.6 is 11.8 Å². The maximum Gasteiger partial charge on any atom is 0.355 e. The number of non-ortho nitro benzene ring substituents is 1. The van der Waals surface area contributed by atoms with Crippen molar-refractivity contribution in [3.63, 3.8) is 0 Å². The first-order valence-corrected chi connectivity index (χ1v) is 10.9. The van der Waals surface area contributed by atoms with Crippen molar-refractivity contribution in [2.45, 2.75) is 24.4 Å². The summed E-state index contributed by atoms with van der Waals surface area (Å²) in [6.07, 6.45) is 1.79. The van der Waals surface area contributed by atoms with E-state index >= 15 is 0 Å². The molecule has 1 N–H and O–H groups in total. The summed E-state index contributed by atoms with van der Waals surface area (Å²) in [5.74, 6) is -0.772. The van der Waals surface area contributed by atoms with Gasteiger partial charge in [-0.2, -0.15) is 0 Å². The molecule has 10 heteroatoms. The number of hydrogen-bond donors (Lipinski definition) is 1. The molecule has 0 unspecified atom stereocenters. The first kappa shape index (κ1) is 21.6. The maximum absolute atomic E-state index is 12.7. The van der Waals surface area contributed by atoms with E-state index < -0.39 is 16.9 Å². The summed E-state index contributed by atoms with van der Waals surface area (Å²) in [5.41, 5.74) is 1.53. The molecule has 0 spiro atoms. The van der Waals surface area contributed by atoms with Crippen LogP contribution in [0.15, 0.2) is 66.4 Å². The SMILES string of the molecule is O=C(Cc1ccccc1)N[C@@H]1C(=O)N2C(C(=O)OCc3ccc([N+](=O)[O-])cc3)=CCS[C@H]12. The second-order valence-electron chi connectivity index (χ2n) is 7.23. The third-order valence-electron chi connectivity index (χ3n) is 5.10. The number of fused-ring (bicyclic) bond motifs is 1. The van der Waals surface area contributed by atoms with Gasteiger partial charge in [0.25, 0.3) is 11.6 Å². The fraction of sp³-hybridized carbons (Fsp3) is 0.227. The Morgan fingerprint density at radius 2 is 1.84 bits per heavy atom. The highest BCUT2D eigenvalue weighted by Gasteiger charge is 2.52. The molecule has 9 nitrogen and oxygen atoms in total. The number of hydrogen-bond acceptors (Lipinski definition) is 7. The van der Waals surface area contributed by atoms with Gasteiger partial charge >= 0.3 is 5.97 Å². The molecule has 1 fully saturated rings. The zero-order valence-corrected chi connectivity index (χ0v) is 17.6. The Morgan fingerprint density at radius 1 is 1.12 bits per heavy atom. The topological polar surface area (TPSA) is 119 Å². The minimum Gasteiger partial charge on any atom is -0.456 e. The molecule has 164 valence electrons. The van der Waals surface area contributed by atoms with Crippen LogP contribution in [0.1, 0.15) is 11.1 Å². The van der Waals surface area contributed by atoms with E-state index in [2.05, 4.69) is 5.32 Å². The molecule has 1 saturated heterocycles. The van der Waals surface area contributed by atoms with Crippen molar-refractivity contribution in [1.29, 1.82) is 0 Å². The average Bonchev–Trinajstić information content (AvgIpc) is 2.81. The van der Waals surface area contributed by atoms with Gasteiger partial charge in [0.1, 0.15) is 23.7 Å². The smallest absolute Gasteiger partial charge is 0.355 e. The fourth-order valence-corrected chi connectivity index (χ4v) is 4.67. The lowest BCUT2D eigenvalue weighted by Gasteiger charge is -2.48. The van der Waals surface area contributed by atoms with Crippen LogP contribution in [0.3, 0.4) is 0 Å². The van der Waals surface area contributed by atoms with Crippen LogP contribution in [0.4, 0.5) is 5.69 Å². The van der Waals surface area contributed by atoms with Gasteiger partial charge in [-0.25, -0.2) is 4.79 Å². The molecule has 2 atom stereocenters. The number of nitrogens with one attached hydrogen (secondary N) is 1. The summed E-state index contributed by atoms with van der Waals surface area (Å²) in [6.45, 7) is -0.0781. The van der Waals surface area contributed by atoms with Crippen molar-refractivity contribution in [1.82, 2.24) is 10.2 Å². The minimum absolute atomic E-state index is 0.0542. The fourth-order valence-electron chi connectivity index (χ4n) is 3.47. The first-order chi connectivity index (χ1) is 15.4. The summed E-state index contributed by atoms with van der Waals surface area (Å²) in [4.78, 5) is 49.1. The third-order valence-corrected chi connectivity index (χ3v) is 6.28. The zero-order chi connectivity index (χ0) is 22.7. The van der Waals surface area contributed by atoms with Gasteiger partial charge in [0.15, 0.2) is 0 Å². The van der Waals surface area contributed by atoms with Crippen LogP contribution in [-0.4, -0.2) is 44.8 Å². The lowest BCUT2D eigenvalue weighted by atomic mass is 10.0. The highest BCUT2D eigenvalue weighted by molar-refractivity contribution is 8.00. The van der Waals surface area contributed by atoms with Gasteiger partial charge in [0.05, 0.1) is 11.3 Å². The molecule has 32 heavy (non-hydrogen) atoms. The number of nitro groups is 1. The van der Waals surface area contributed by atoms with E-state index in [0.29, 0.717) is 11.3 Å². The van der Waals surface area contributed by atoms with E-state index in [-0.39, 0.29) is 41.6 Å². The first-order valence-electron chi connectivity index (χ1n) is 9.82. The molecule has 2 aliphatic rings. The molecule has 0 radical (unpaired) electrons. The van der Waals surface area contributed by atoms with Crippen LogP contribution in [-0.2, 0) is 32.1 Å². The second-order valence-corrected chi connectivity index (χ2v) is 8.38. The van der Waals surface area contributed by atoms with Gasteiger partial charge in [-0.1, -0.05) is 30.3 Å². The Morgan fingerprint density at radius 3 is 2.53 bits per heavy atom. The molecule has 0 aliphatic carbocycles. The van der Waals surface area contributed by atoms with E-state index in [1.165, 1.54) is 40.9 Å². The van der Waals surface area contributed by atoms with E-state index in [1.54, 1.807) is 6.08 Å². The van der Waals surface area contributed by atoms with E-state index in [0.717, 1.165) is 5.56 Å². The Kier molecular flexibility index (Phi) is 6.22.